The third-order valence-electron chi connectivity index (χ3n) is 3.47. The third-order valence-corrected chi connectivity index (χ3v) is 3.47. The van der Waals surface area contributed by atoms with Crippen LogP contribution in [0.15, 0.2) is 18.2 Å². The Kier molecular flexibility index (Phi) is 8.11. The molecule has 0 saturated carbocycles. The lowest BCUT2D eigenvalue weighted by Gasteiger charge is -2.12. The Morgan fingerprint density at radius 3 is 2.14 bits per heavy atom. The van der Waals surface area contributed by atoms with Gasteiger partial charge in [0.05, 0.1) is 26.9 Å². The second kappa shape index (κ2) is 9.87. The summed E-state index contributed by atoms with van der Waals surface area (Å²) in [6.45, 7) is 2.16. The number of hydrogen-bond donors (Lipinski definition) is 0. The molecule has 0 heterocycles. The second-order valence-electron chi connectivity index (χ2n) is 5.06. The highest BCUT2D eigenvalue weighted by atomic mass is 16.5. The van der Waals surface area contributed by atoms with E-state index in [9.17, 15) is 4.79 Å². The molecule has 0 bridgehead atoms. The summed E-state index contributed by atoms with van der Waals surface area (Å²) in [6.07, 6.45) is 8.32. The van der Waals surface area contributed by atoms with Crippen LogP contribution in [0.3, 0.4) is 0 Å². The lowest BCUT2D eigenvalue weighted by molar-refractivity contribution is -0.114. The van der Waals surface area contributed by atoms with E-state index in [0.29, 0.717) is 23.7 Å². The van der Waals surface area contributed by atoms with Crippen molar-refractivity contribution in [3.05, 3.63) is 23.8 Å². The smallest absolute Gasteiger partial charge is 0.155 e. The van der Waals surface area contributed by atoms with E-state index in [-0.39, 0.29) is 5.78 Å². The molecule has 1 aromatic carbocycles. The molecule has 0 aliphatic heterocycles. The van der Waals surface area contributed by atoms with Gasteiger partial charge in [0, 0.05) is 18.6 Å². The molecule has 0 N–H and O–H groups in total. The van der Waals surface area contributed by atoms with E-state index in [1.807, 2.05) is 0 Å². The van der Waals surface area contributed by atoms with Crippen molar-refractivity contribution < 1.29 is 19.0 Å². The number of methoxy groups -OCH3 is 3. The minimum Gasteiger partial charge on any atom is -0.496 e. The first-order valence-electron chi connectivity index (χ1n) is 7.67. The Balaban J connectivity index is 2.82. The summed E-state index contributed by atoms with van der Waals surface area (Å²) in [5.41, 5.74) is 0.743. The van der Waals surface area contributed by atoms with Crippen molar-refractivity contribution in [2.24, 2.45) is 0 Å². The van der Waals surface area contributed by atoms with Crippen LogP contribution >= 0.6 is 0 Å². The summed E-state index contributed by atoms with van der Waals surface area (Å²) in [6, 6.07) is 3.54. The van der Waals surface area contributed by atoms with E-state index in [1.165, 1.54) is 12.8 Å². The Labute approximate surface area is 133 Å². The molecule has 0 aliphatic rings. The van der Waals surface area contributed by atoms with Gasteiger partial charge in [0.25, 0.3) is 0 Å². The fraction of sp³-hybridized carbons (Fsp3) is 0.500. The lowest BCUT2D eigenvalue weighted by atomic mass is 10.1. The maximum Gasteiger partial charge on any atom is 0.155 e. The van der Waals surface area contributed by atoms with Gasteiger partial charge >= 0.3 is 0 Å². The van der Waals surface area contributed by atoms with Crippen molar-refractivity contribution in [3.8, 4) is 17.2 Å². The van der Waals surface area contributed by atoms with Crippen LogP contribution in [0, 0.1) is 0 Å². The Morgan fingerprint density at radius 2 is 1.64 bits per heavy atom. The fourth-order valence-corrected chi connectivity index (χ4v) is 2.18. The summed E-state index contributed by atoms with van der Waals surface area (Å²) in [7, 11) is 4.75. The first-order valence-corrected chi connectivity index (χ1v) is 7.67. The van der Waals surface area contributed by atoms with Crippen LogP contribution < -0.4 is 14.2 Å². The molecule has 0 aromatic heterocycles. The number of ketones is 1. The molecule has 0 unspecified atom stereocenters. The minimum absolute atomic E-state index is 0.121. The van der Waals surface area contributed by atoms with Crippen molar-refractivity contribution >= 4 is 11.9 Å². The summed E-state index contributed by atoms with van der Waals surface area (Å²) in [5, 5.41) is 0. The molecule has 122 valence electrons. The number of hydrogen-bond acceptors (Lipinski definition) is 4. The van der Waals surface area contributed by atoms with Crippen LogP contribution in [0.2, 0.25) is 0 Å². The predicted molar refractivity (Wildman–Crippen MR) is 88.9 cm³/mol. The highest BCUT2D eigenvalue weighted by Crippen LogP contribution is 2.35. The van der Waals surface area contributed by atoms with Gasteiger partial charge in [-0.3, -0.25) is 4.79 Å². The molecular formula is C18H26O4. The zero-order chi connectivity index (χ0) is 16.4. The van der Waals surface area contributed by atoms with E-state index in [4.69, 9.17) is 14.2 Å². The van der Waals surface area contributed by atoms with Gasteiger partial charge in [0.15, 0.2) is 5.78 Å². The molecule has 4 nitrogen and oxygen atoms in total. The first kappa shape index (κ1) is 18.1. The van der Waals surface area contributed by atoms with Gasteiger partial charge in [-0.15, -0.1) is 0 Å². The van der Waals surface area contributed by atoms with Gasteiger partial charge in [0.1, 0.15) is 17.2 Å². The fourth-order valence-electron chi connectivity index (χ4n) is 2.18. The number of rotatable bonds is 10. The first-order chi connectivity index (χ1) is 10.7. The van der Waals surface area contributed by atoms with Crippen molar-refractivity contribution in [1.29, 1.82) is 0 Å². The number of benzene rings is 1. The van der Waals surface area contributed by atoms with Crippen LogP contribution in [-0.2, 0) is 4.79 Å². The van der Waals surface area contributed by atoms with Crippen LogP contribution in [-0.4, -0.2) is 27.1 Å². The lowest BCUT2D eigenvalue weighted by Crippen LogP contribution is -1.96. The van der Waals surface area contributed by atoms with Gasteiger partial charge in [-0.1, -0.05) is 26.2 Å². The molecule has 1 aromatic rings. The Morgan fingerprint density at radius 1 is 1.00 bits per heavy atom. The standard InChI is InChI=1S/C18H26O4/c1-5-6-7-8-9-14(19)10-11-16-17(21-3)12-15(20-2)13-18(16)22-4/h10-13H,5-9H2,1-4H3/b11-10+. The van der Waals surface area contributed by atoms with Crippen LogP contribution in [0.5, 0.6) is 17.2 Å². The third kappa shape index (κ3) is 5.43. The molecule has 0 amide bonds. The van der Waals surface area contributed by atoms with E-state index in [2.05, 4.69) is 6.92 Å². The van der Waals surface area contributed by atoms with E-state index in [1.54, 1.807) is 45.6 Å². The van der Waals surface area contributed by atoms with E-state index in [0.717, 1.165) is 18.4 Å². The normalized spacial score (nSPS) is 10.7. The van der Waals surface area contributed by atoms with Crippen molar-refractivity contribution in [2.75, 3.05) is 21.3 Å². The van der Waals surface area contributed by atoms with Crippen molar-refractivity contribution in [1.82, 2.24) is 0 Å². The summed E-state index contributed by atoms with van der Waals surface area (Å²) < 4.78 is 15.9. The largest absolute Gasteiger partial charge is 0.496 e. The maximum atomic E-state index is 11.9. The highest BCUT2D eigenvalue weighted by molar-refractivity contribution is 5.94. The number of carbonyl (C=O) groups is 1. The number of unbranched alkanes of at least 4 members (excludes halogenated alkanes) is 3. The zero-order valence-electron chi connectivity index (χ0n) is 14.0. The van der Waals surface area contributed by atoms with Crippen LogP contribution in [0.4, 0.5) is 0 Å². The molecule has 4 heteroatoms. The van der Waals surface area contributed by atoms with Crippen molar-refractivity contribution in [3.63, 3.8) is 0 Å². The van der Waals surface area contributed by atoms with Gasteiger partial charge in [0.2, 0.25) is 0 Å². The topological polar surface area (TPSA) is 44.8 Å². The molecule has 0 radical (unpaired) electrons. The number of allylic oxidation sites excluding steroid dienone is 1. The van der Waals surface area contributed by atoms with Crippen molar-refractivity contribution in [2.45, 2.75) is 39.0 Å². The predicted octanol–water partition coefficient (Wildman–Crippen LogP) is 4.27. The molecule has 1 rings (SSSR count). The maximum absolute atomic E-state index is 11.9. The molecule has 0 atom stereocenters. The molecule has 22 heavy (non-hydrogen) atoms. The SMILES string of the molecule is CCCCCCC(=O)/C=C/c1c(OC)cc(OC)cc1OC. The average molecular weight is 306 g/mol. The molecular weight excluding hydrogens is 280 g/mol. The number of ether oxygens (including phenoxy) is 3. The second-order valence-corrected chi connectivity index (χ2v) is 5.06. The Hall–Kier alpha value is -1.97. The summed E-state index contributed by atoms with van der Waals surface area (Å²) >= 11 is 0. The highest BCUT2D eigenvalue weighted by Gasteiger charge is 2.11. The Bertz CT molecular complexity index is 481. The number of carbonyl (C=O) groups excluding carboxylic acids is 1. The monoisotopic (exact) mass is 306 g/mol. The molecule has 0 spiro atoms. The van der Waals surface area contributed by atoms with Gasteiger partial charge < -0.3 is 14.2 Å². The summed E-state index contributed by atoms with van der Waals surface area (Å²) in [5.74, 6) is 2.00. The van der Waals surface area contributed by atoms with E-state index < -0.39 is 0 Å². The van der Waals surface area contributed by atoms with Gasteiger partial charge in [-0.25, -0.2) is 0 Å². The summed E-state index contributed by atoms with van der Waals surface area (Å²) in [4.78, 5) is 11.9. The molecule has 0 saturated heterocycles. The molecule has 0 fully saturated rings. The van der Waals surface area contributed by atoms with Crippen LogP contribution in [0.25, 0.3) is 6.08 Å². The van der Waals surface area contributed by atoms with Crippen LogP contribution in [0.1, 0.15) is 44.6 Å². The zero-order valence-corrected chi connectivity index (χ0v) is 14.0. The van der Waals surface area contributed by atoms with Gasteiger partial charge in [-0.2, -0.15) is 0 Å². The van der Waals surface area contributed by atoms with Gasteiger partial charge in [-0.05, 0) is 18.6 Å². The molecule has 0 aliphatic carbocycles. The average Bonchev–Trinajstić information content (AvgIpc) is 2.55. The van der Waals surface area contributed by atoms with E-state index >= 15 is 0 Å². The quantitative estimate of drug-likeness (QED) is 0.478. The minimum atomic E-state index is 0.121.